The molecule has 0 aromatic heterocycles. The van der Waals surface area contributed by atoms with Gasteiger partial charge in [0, 0.05) is 37.8 Å². The van der Waals surface area contributed by atoms with Crippen molar-refractivity contribution in [2.45, 2.75) is 30.7 Å². The first-order valence-corrected chi connectivity index (χ1v) is 9.73. The van der Waals surface area contributed by atoms with Gasteiger partial charge in [-0.1, -0.05) is 13.0 Å². The zero-order valence-corrected chi connectivity index (χ0v) is 15.8. The molecule has 2 aliphatic rings. The third-order valence-electron chi connectivity index (χ3n) is 4.32. The number of morpholine rings is 1. The quantitative estimate of drug-likeness (QED) is 0.773. The zero-order chi connectivity index (χ0) is 17.2. The summed E-state index contributed by atoms with van der Waals surface area (Å²) >= 11 is 0. The van der Waals surface area contributed by atoms with Crippen LogP contribution in [-0.2, 0) is 26.0 Å². The fraction of sp³-hybridized carbons (Fsp3) is 0.562. The molecule has 7 nitrogen and oxygen atoms in total. The number of hydrogen-bond donors (Lipinski definition) is 2. The highest BCUT2D eigenvalue weighted by molar-refractivity contribution is 7.89. The van der Waals surface area contributed by atoms with Gasteiger partial charge < -0.3 is 15.0 Å². The van der Waals surface area contributed by atoms with Crippen molar-refractivity contribution in [3.05, 3.63) is 23.8 Å². The molecule has 9 heteroatoms. The summed E-state index contributed by atoms with van der Waals surface area (Å²) in [7, 11) is -3.53. The smallest absolute Gasteiger partial charge is 0.240 e. The average Bonchev–Trinajstić information content (AvgIpc) is 2.99. The van der Waals surface area contributed by atoms with Gasteiger partial charge in [-0.2, -0.15) is 0 Å². The SMILES string of the molecule is CCNS(=O)(=O)c1ccc2c(c1)N(C(=O)CC1COCCN1)CC2.Cl. The molecule has 140 valence electrons. The second kappa shape index (κ2) is 8.46. The second-order valence-corrected chi connectivity index (χ2v) is 7.78. The number of amides is 1. The standard InChI is InChI=1S/C16H23N3O4S.ClH/c1-2-18-24(21,22)14-4-3-12-5-7-19(15(12)10-14)16(20)9-13-11-23-8-6-17-13;/h3-4,10,13,17-18H,2,5-9,11H2,1H3;1H. The number of rotatable bonds is 5. The lowest BCUT2D eigenvalue weighted by molar-refractivity contribution is -0.119. The van der Waals surface area contributed by atoms with Gasteiger partial charge in [-0.15, -0.1) is 12.4 Å². The fourth-order valence-electron chi connectivity index (χ4n) is 3.13. The van der Waals surface area contributed by atoms with Crippen LogP contribution < -0.4 is 14.9 Å². The number of sulfonamides is 1. The predicted octanol–water partition coefficient (Wildman–Crippen LogP) is 0.674. The van der Waals surface area contributed by atoms with Crippen LogP contribution in [0.15, 0.2) is 23.1 Å². The Labute approximate surface area is 154 Å². The van der Waals surface area contributed by atoms with Crippen LogP contribution in [0.2, 0.25) is 0 Å². The lowest BCUT2D eigenvalue weighted by Gasteiger charge is -2.26. The summed E-state index contributed by atoms with van der Waals surface area (Å²) < 4.78 is 32.2. The van der Waals surface area contributed by atoms with Crippen LogP contribution >= 0.6 is 12.4 Å². The Kier molecular flexibility index (Phi) is 6.81. The highest BCUT2D eigenvalue weighted by Crippen LogP contribution is 2.31. The minimum atomic E-state index is -3.53. The Hall–Kier alpha value is -1.19. The molecule has 1 amide bonds. The van der Waals surface area contributed by atoms with Gasteiger partial charge in [0.15, 0.2) is 0 Å². The highest BCUT2D eigenvalue weighted by atomic mass is 35.5. The van der Waals surface area contributed by atoms with E-state index in [2.05, 4.69) is 10.0 Å². The lowest BCUT2D eigenvalue weighted by Crippen LogP contribution is -2.45. The molecule has 0 spiro atoms. The largest absolute Gasteiger partial charge is 0.378 e. The fourth-order valence-corrected chi connectivity index (χ4v) is 4.19. The molecule has 1 unspecified atom stereocenters. The molecule has 1 fully saturated rings. The first-order valence-electron chi connectivity index (χ1n) is 8.25. The number of ether oxygens (including phenoxy) is 1. The molecule has 1 aromatic carbocycles. The van der Waals surface area contributed by atoms with Crippen LogP contribution in [-0.4, -0.2) is 53.2 Å². The van der Waals surface area contributed by atoms with Crippen molar-refractivity contribution in [2.24, 2.45) is 0 Å². The monoisotopic (exact) mass is 389 g/mol. The van der Waals surface area contributed by atoms with E-state index in [4.69, 9.17) is 4.74 Å². The number of halogens is 1. The van der Waals surface area contributed by atoms with E-state index >= 15 is 0 Å². The van der Waals surface area contributed by atoms with Crippen LogP contribution in [0.4, 0.5) is 5.69 Å². The Morgan fingerprint density at radius 3 is 2.92 bits per heavy atom. The minimum absolute atomic E-state index is 0. The Morgan fingerprint density at radius 2 is 2.24 bits per heavy atom. The van der Waals surface area contributed by atoms with Gasteiger partial charge in [-0.25, -0.2) is 13.1 Å². The summed E-state index contributed by atoms with van der Waals surface area (Å²) in [5.74, 6) is -0.00486. The van der Waals surface area contributed by atoms with E-state index in [1.165, 1.54) is 0 Å². The topological polar surface area (TPSA) is 87.7 Å². The number of fused-ring (bicyclic) bond motifs is 1. The van der Waals surface area contributed by atoms with Crippen LogP contribution in [0.1, 0.15) is 18.9 Å². The maximum absolute atomic E-state index is 12.6. The third-order valence-corrected chi connectivity index (χ3v) is 5.86. The van der Waals surface area contributed by atoms with Crippen molar-refractivity contribution in [2.75, 3.05) is 37.7 Å². The summed E-state index contributed by atoms with van der Waals surface area (Å²) in [6, 6.07) is 5.02. The van der Waals surface area contributed by atoms with Gasteiger partial charge in [-0.05, 0) is 24.1 Å². The van der Waals surface area contributed by atoms with E-state index in [9.17, 15) is 13.2 Å². The third kappa shape index (κ3) is 4.51. The summed E-state index contributed by atoms with van der Waals surface area (Å²) in [4.78, 5) is 14.5. The van der Waals surface area contributed by atoms with Crippen molar-refractivity contribution in [3.8, 4) is 0 Å². The molecule has 2 heterocycles. The number of nitrogens with one attached hydrogen (secondary N) is 2. The van der Waals surface area contributed by atoms with Gasteiger partial charge in [0.05, 0.1) is 18.1 Å². The number of anilines is 1. The van der Waals surface area contributed by atoms with Gasteiger partial charge in [0.2, 0.25) is 15.9 Å². The van der Waals surface area contributed by atoms with Crippen molar-refractivity contribution in [3.63, 3.8) is 0 Å². The van der Waals surface area contributed by atoms with E-state index in [0.717, 1.165) is 18.5 Å². The molecule has 0 radical (unpaired) electrons. The molecule has 1 saturated heterocycles. The Bertz CT molecular complexity index is 720. The lowest BCUT2D eigenvalue weighted by atomic mass is 10.1. The van der Waals surface area contributed by atoms with Crippen molar-refractivity contribution in [1.29, 1.82) is 0 Å². The molecule has 0 bridgehead atoms. The second-order valence-electron chi connectivity index (χ2n) is 6.02. The van der Waals surface area contributed by atoms with Crippen molar-refractivity contribution in [1.82, 2.24) is 10.0 Å². The molecule has 2 aliphatic heterocycles. The van der Waals surface area contributed by atoms with E-state index in [1.54, 1.807) is 30.0 Å². The first kappa shape index (κ1) is 20.1. The minimum Gasteiger partial charge on any atom is -0.378 e. The number of hydrogen-bond acceptors (Lipinski definition) is 5. The van der Waals surface area contributed by atoms with Crippen LogP contribution in [0.25, 0.3) is 0 Å². The summed E-state index contributed by atoms with van der Waals surface area (Å²) in [5.41, 5.74) is 1.71. The van der Waals surface area contributed by atoms with Crippen LogP contribution in [0.5, 0.6) is 0 Å². The number of benzene rings is 1. The van der Waals surface area contributed by atoms with Crippen molar-refractivity contribution < 1.29 is 17.9 Å². The Balaban J connectivity index is 0.00000225. The molecule has 1 aromatic rings. The summed E-state index contributed by atoms with van der Waals surface area (Å²) in [6.45, 7) is 4.60. The normalized spacial score (nSPS) is 20.0. The predicted molar refractivity (Wildman–Crippen MR) is 97.8 cm³/mol. The number of carbonyl (C=O) groups excluding carboxylic acids is 1. The zero-order valence-electron chi connectivity index (χ0n) is 14.2. The van der Waals surface area contributed by atoms with Crippen LogP contribution in [0.3, 0.4) is 0 Å². The van der Waals surface area contributed by atoms with Gasteiger partial charge in [0.1, 0.15) is 0 Å². The first-order chi connectivity index (χ1) is 11.5. The van der Waals surface area contributed by atoms with Gasteiger partial charge in [-0.3, -0.25) is 4.79 Å². The maximum atomic E-state index is 12.6. The molecule has 2 N–H and O–H groups in total. The Morgan fingerprint density at radius 1 is 1.44 bits per heavy atom. The van der Waals surface area contributed by atoms with Gasteiger partial charge in [0.25, 0.3) is 0 Å². The molecular weight excluding hydrogens is 366 g/mol. The maximum Gasteiger partial charge on any atom is 0.240 e. The van der Waals surface area contributed by atoms with Crippen molar-refractivity contribution >= 4 is 34.0 Å². The van der Waals surface area contributed by atoms with E-state index < -0.39 is 10.0 Å². The molecule has 25 heavy (non-hydrogen) atoms. The highest BCUT2D eigenvalue weighted by Gasteiger charge is 2.28. The van der Waals surface area contributed by atoms with E-state index in [1.807, 2.05) is 0 Å². The molecule has 3 rings (SSSR count). The summed E-state index contributed by atoms with van der Waals surface area (Å²) in [6.07, 6.45) is 1.10. The molecular formula is C16H24ClN3O4S. The van der Waals surface area contributed by atoms with Crippen LogP contribution in [0, 0.1) is 0 Å². The summed E-state index contributed by atoms with van der Waals surface area (Å²) in [5, 5.41) is 3.27. The number of carbonyl (C=O) groups is 1. The molecule has 0 aliphatic carbocycles. The average molecular weight is 390 g/mol. The van der Waals surface area contributed by atoms with E-state index in [-0.39, 0.29) is 29.3 Å². The number of nitrogens with zero attached hydrogens (tertiary/aromatic N) is 1. The van der Waals surface area contributed by atoms with Gasteiger partial charge >= 0.3 is 0 Å². The van der Waals surface area contributed by atoms with E-state index in [0.29, 0.717) is 38.4 Å². The molecule has 0 saturated carbocycles. The molecule has 1 atom stereocenters.